The van der Waals surface area contributed by atoms with Crippen molar-refractivity contribution in [2.45, 2.75) is 52.5 Å². The maximum Gasteiger partial charge on any atom is 0.273 e. The molecule has 22 heavy (non-hydrogen) atoms. The highest BCUT2D eigenvalue weighted by atomic mass is 79.9. The number of carbonyl (C=O) groups is 1. The van der Waals surface area contributed by atoms with Crippen LogP contribution in [-0.2, 0) is 6.42 Å². The summed E-state index contributed by atoms with van der Waals surface area (Å²) < 4.78 is 2.93. The minimum Gasteiger partial charge on any atom is -0.335 e. The summed E-state index contributed by atoms with van der Waals surface area (Å²) in [6, 6.07) is 2.35. The lowest BCUT2D eigenvalue weighted by molar-refractivity contribution is 0.0627. The van der Waals surface area contributed by atoms with Gasteiger partial charge in [-0.2, -0.15) is 0 Å². The van der Waals surface area contributed by atoms with Crippen LogP contribution in [0.25, 0.3) is 5.65 Å². The van der Waals surface area contributed by atoms with Crippen LogP contribution in [0.1, 0.15) is 54.9 Å². The molecule has 1 amide bonds. The summed E-state index contributed by atoms with van der Waals surface area (Å²) >= 11 is 3.53. The largest absolute Gasteiger partial charge is 0.335 e. The fourth-order valence-electron chi connectivity index (χ4n) is 3.32. The third kappa shape index (κ3) is 2.56. The number of aryl methyl sites for hydroxylation is 2. The first-order chi connectivity index (χ1) is 10.5. The van der Waals surface area contributed by atoms with Gasteiger partial charge in [-0.05, 0) is 67.1 Å². The van der Waals surface area contributed by atoms with Crippen LogP contribution >= 0.6 is 15.9 Å². The van der Waals surface area contributed by atoms with E-state index in [1.165, 1.54) is 6.42 Å². The average Bonchev–Trinajstić information content (AvgIpc) is 2.85. The van der Waals surface area contributed by atoms with Crippen molar-refractivity contribution in [1.82, 2.24) is 14.3 Å². The third-order valence-corrected chi connectivity index (χ3v) is 4.98. The molecular weight excluding hydrogens is 342 g/mol. The molecule has 1 unspecified atom stereocenters. The Labute approximate surface area is 139 Å². The molecule has 0 N–H and O–H groups in total. The van der Waals surface area contributed by atoms with Crippen LogP contribution in [0.2, 0.25) is 0 Å². The van der Waals surface area contributed by atoms with E-state index in [4.69, 9.17) is 4.98 Å². The van der Waals surface area contributed by atoms with Crippen LogP contribution in [-0.4, -0.2) is 32.8 Å². The van der Waals surface area contributed by atoms with Crippen molar-refractivity contribution >= 4 is 27.5 Å². The lowest BCUT2D eigenvalue weighted by Crippen LogP contribution is -2.42. The van der Waals surface area contributed by atoms with Crippen LogP contribution in [0.4, 0.5) is 0 Å². The molecule has 2 aromatic rings. The molecule has 2 aromatic heterocycles. The van der Waals surface area contributed by atoms with Gasteiger partial charge in [-0.25, -0.2) is 4.98 Å². The molecule has 1 aliphatic heterocycles. The molecule has 1 saturated heterocycles. The van der Waals surface area contributed by atoms with Crippen molar-refractivity contribution in [2.75, 3.05) is 6.54 Å². The Morgan fingerprint density at radius 3 is 2.91 bits per heavy atom. The first kappa shape index (κ1) is 15.5. The van der Waals surface area contributed by atoms with Crippen LogP contribution < -0.4 is 0 Å². The van der Waals surface area contributed by atoms with Gasteiger partial charge in [0.05, 0.1) is 5.69 Å². The van der Waals surface area contributed by atoms with E-state index >= 15 is 0 Å². The van der Waals surface area contributed by atoms with Crippen LogP contribution in [0, 0.1) is 6.92 Å². The summed E-state index contributed by atoms with van der Waals surface area (Å²) in [6.45, 7) is 7.09. The zero-order valence-electron chi connectivity index (χ0n) is 13.4. The number of nitrogens with zero attached hydrogens (tertiary/aromatic N) is 3. The van der Waals surface area contributed by atoms with Crippen molar-refractivity contribution in [3.63, 3.8) is 0 Å². The number of halogens is 1. The Morgan fingerprint density at radius 1 is 1.45 bits per heavy atom. The van der Waals surface area contributed by atoms with Gasteiger partial charge in [0.1, 0.15) is 11.3 Å². The smallest absolute Gasteiger partial charge is 0.273 e. The quantitative estimate of drug-likeness (QED) is 0.808. The number of amides is 1. The normalized spacial score (nSPS) is 18.9. The monoisotopic (exact) mass is 363 g/mol. The minimum atomic E-state index is 0.119. The van der Waals surface area contributed by atoms with Gasteiger partial charge in [-0.15, -0.1) is 0 Å². The number of hydrogen-bond donors (Lipinski definition) is 0. The van der Waals surface area contributed by atoms with Crippen molar-refractivity contribution in [2.24, 2.45) is 0 Å². The van der Waals surface area contributed by atoms with Gasteiger partial charge >= 0.3 is 0 Å². The van der Waals surface area contributed by atoms with Crippen LogP contribution in [0.15, 0.2) is 16.7 Å². The second-order valence-corrected chi connectivity index (χ2v) is 7.05. The van der Waals surface area contributed by atoms with Crippen molar-refractivity contribution in [1.29, 1.82) is 0 Å². The highest BCUT2D eigenvalue weighted by molar-refractivity contribution is 9.10. The van der Waals surface area contributed by atoms with E-state index in [2.05, 4.69) is 29.8 Å². The highest BCUT2D eigenvalue weighted by Crippen LogP contribution is 2.25. The average molecular weight is 364 g/mol. The van der Waals surface area contributed by atoms with E-state index in [9.17, 15) is 4.79 Å². The van der Waals surface area contributed by atoms with E-state index in [1.54, 1.807) is 0 Å². The van der Waals surface area contributed by atoms with Crippen molar-refractivity contribution in [3.05, 3.63) is 33.7 Å². The van der Waals surface area contributed by atoms with Crippen molar-refractivity contribution < 1.29 is 4.79 Å². The molecular formula is C17H22BrN3O. The Kier molecular flexibility index (Phi) is 4.26. The maximum atomic E-state index is 13.1. The predicted molar refractivity (Wildman–Crippen MR) is 91.4 cm³/mol. The SMILES string of the molecule is CCc1nc2c(C)cc(Br)cn2c1C(=O)N1CCCCC1C. The van der Waals surface area contributed by atoms with E-state index in [0.717, 1.165) is 52.9 Å². The molecule has 0 spiro atoms. The molecule has 3 heterocycles. The molecule has 1 atom stereocenters. The summed E-state index contributed by atoms with van der Waals surface area (Å²) in [4.78, 5) is 19.9. The summed E-state index contributed by atoms with van der Waals surface area (Å²) in [6.07, 6.45) is 6.12. The lowest BCUT2D eigenvalue weighted by atomic mass is 10.0. The molecule has 5 heteroatoms. The number of aromatic nitrogens is 2. The number of likely N-dealkylation sites (tertiary alicyclic amines) is 1. The minimum absolute atomic E-state index is 0.119. The van der Waals surface area contributed by atoms with E-state index < -0.39 is 0 Å². The molecule has 0 aliphatic carbocycles. The Balaban J connectivity index is 2.14. The molecule has 0 bridgehead atoms. The van der Waals surface area contributed by atoms with Gasteiger partial charge in [-0.1, -0.05) is 6.92 Å². The third-order valence-electron chi connectivity index (χ3n) is 4.54. The first-order valence-corrected chi connectivity index (χ1v) is 8.80. The Bertz CT molecular complexity index is 722. The van der Waals surface area contributed by atoms with Gasteiger partial charge < -0.3 is 4.90 Å². The van der Waals surface area contributed by atoms with E-state index in [-0.39, 0.29) is 5.91 Å². The maximum absolute atomic E-state index is 13.1. The summed E-state index contributed by atoms with van der Waals surface area (Å²) in [5, 5.41) is 0. The second-order valence-electron chi connectivity index (χ2n) is 6.14. The molecule has 1 aliphatic rings. The first-order valence-electron chi connectivity index (χ1n) is 8.01. The number of hydrogen-bond acceptors (Lipinski definition) is 2. The number of piperidine rings is 1. The molecule has 118 valence electrons. The zero-order valence-corrected chi connectivity index (χ0v) is 15.0. The number of imidazole rings is 1. The highest BCUT2D eigenvalue weighted by Gasteiger charge is 2.29. The molecule has 4 nitrogen and oxygen atoms in total. The number of fused-ring (bicyclic) bond motifs is 1. The second kappa shape index (κ2) is 6.03. The van der Waals surface area contributed by atoms with Gasteiger partial charge in [-0.3, -0.25) is 9.20 Å². The van der Waals surface area contributed by atoms with Gasteiger partial charge in [0.2, 0.25) is 0 Å². The number of pyridine rings is 1. The molecule has 0 radical (unpaired) electrons. The van der Waals surface area contributed by atoms with E-state index in [0.29, 0.717) is 6.04 Å². The summed E-state index contributed by atoms with van der Waals surface area (Å²) in [7, 11) is 0. The van der Waals surface area contributed by atoms with E-state index in [1.807, 2.05) is 28.5 Å². The fourth-order valence-corrected chi connectivity index (χ4v) is 3.87. The standard InChI is InChI=1S/C17H22BrN3O/c1-4-14-15(17(22)20-8-6-5-7-12(20)3)21-10-13(18)9-11(2)16(21)19-14/h9-10,12H,4-8H2,1-3H3. The summed E-state index contributed by atoms with van der Waals surface area (Å²) in [5.41, 5.74) is 3.59. The zero-order chi connectivity index (χ0) is 15.9. The number of carbonyl (C=O) groups excluding carboxylic acids is 1. The van der Waals surface area contributed by atoms with Crippen LogP contribution in [0.5, 0.6) is 0 Å². The predicted octanol–water partition coefficient (Wildman–Crippen LogP) is 3.98. The summed E-state index contributed by atoms with van der Waals surface area (Å²) in [5.74, 6) is 0.119. The topological polar surface area (TPSA) is 37.6 Å². The fraction of sp³-hybridized carbons (Fsp3) is 0.529. The molecule has 3 rings (SSSR count). The Morgan fingerprint density at radius 2 is 2.23 bits per heavy atom. The molecule has 1 fully saturated rings. The Hall–Kier alpha value is -1.36. The lowest BCUT2D eigenvalue weighted by Gasteiger charge is -2.33. The van der Waals surface area contributed by atoms with Gasteiger partial charge in [0.25, 0.3) is 5.91 Å². The van der Waals surface area contributed by atoms with Crippen LogP contribution in [0.3, 0.4) is 0 Å². The molecule has 0 saturated carbocycles. The van der Waals surface area contributed by atoms with Crippen molar-refractivity contribution in [3.8, 4) is 0 Å². The molecule has 0 aromatic carbocycles. The number of rotatable bonds is 2. The van der Waals surface area contributed by atoms with Gasteiger partial charge in [0, 0.05) is 23.3 Å². The van der Waals surface area contributed by atoms with Gasteiger partial charge in [0.15, 0.2) is 0 Å².